The quantitative estimate of drug-likeness (QED) is 0.569. The molecule has 72 valence electrons. The van der Waals surface area contributed by atoms with E-state index in [2.05, 4.69) is 5.92 Å². The van der Waals surface area contributed by atoms with Gasteiger partial charge in [0.05, 0.1) is 13.2 Å². The van der Waals surface area contributed by atoms with E-state index in [0.717, 1.165) is 0 Å². The highest BCUT2D eigenvalue weighted by Crippen LogP contribution is 2.28. The second kappa shape index (κ2) is 3.64. The molecule has 0 aliphatic carbocycles. The maximum atomic E-state index is 9.40. The number of ether oxygens (including phenoxy) is 3. The Hall–Kier alpha value is -0.600. The first-order valence-corrected chi connectivity index (χ1v) is 4.29. The van der Waals surface area contributed by atoms with Crippen LogP contribution in [0.2, 0.25) is 0 Å². The lowest BCUT2D eigenvalue weighted by atomic mass is 10.1. The van der Waals surface area contributed by atoms with Crippen LogP contribution in [0.3, 0.4) is 0 Å². The summed E-state index contributed by atoms with van der Waals surface area (Å²) >= 11 is 0. The standard InChI is InChI=1S/C9H12O4/c1-2-3-11-7-5-13-8-6(10)4-12-9(7)8/h1,6-10H,3-5H2/t6-,7-,8+,9+/m0/s1. The molecule has 4 atom stereocenters. The summed E-state index contributed by atoms with van der Waals surface area (Å²) in [6.07, 6.45) is 4.03. The molecule has 0 amide bonds. The van der Waals surface area contributed by atoms with Crippen molar-refractivity contribution in [1.82, 2.24) is 0 Å². The number of aliphatic hydroxyl groups excluding tert-OH is 1. The van der Waals surface area contributed by atoms with Crippen LogP contribution in [0.25, 0.3) is 0 Å². The van der Waals surface area contributed by atoms with Gasteiger partial charge in [0, 0.05) is 0 Å². The Bertz CT molecular complexity index is 222. The molecule has 0 aromatic rings. The van der Waals surface area contributed by atoms with Gasteiger partial charge >= 0.3 is 0 Å². The second-order valence-electron chi connectivity index (χ2n) is 3.22. The fourth-order valence-corrected chi connectivity index (χ4v) is 1.74. The molecule has 0 spiro atoms. The minimum atomic E-state index is -0.524. The number of hydrogen-bond donors (Lipinski definition) is 1. The second-order valence-corrected chi connectivity index (χ2v) is 3.22. The third kappa shape index (κ3) is 1.56. The number of rotatable bonds is 2. The minimum Gasteiger partial charge on any atom is -0.388 e. The van der Waals surface area contributed by atoms with Gasteiger partial charge in [0.25, 0.3) is 0 Å². The van der Waals surface area contributed by atoms with Crippen molar-refractivity contribution in [2.75, 3.05) is 19.8 Å². The van der Waals surface area contributed by atoms with Gasteiger partial charge < -0.3 is 19.3 Å². The zero-order valence-corrected chi connectivity index (χ0v) is 7.18. The van der Waals surface area contributed by atoms with Crippen molar-refractivity contribution < 1.29 is 19.3 Å². The molecule has 0 saturated carbocycles. The van der Waals surface area contributed by atoms with E-state index >= 15 is 0 Å². The molecular weight excluding hydrogens is 172 g/mol. The predicted molar refractivity (Wildman–Crippen MR) is 44.1 cm³/mol. The number of hydrogen-bond acceptors (Lipinski definition) is 4. The van der Waals surface area contributed by atoms with E-state index < -0.39 is 6.10 Å². The van der Waals surface area contributed by atoms with Gasteiger partial charge in [-0.15, -0.1) is 6.42 Å². The Morgan fingerprint density at radius 2 is 2.15 bits per heavy atom. The molecule has 2 heterocycles. The molecule has 0 aromatic carbocycles. The first-order chi connectivity index (χ1) is 6.33. The van der Waals surface area contributed by atoms with Gasteiger partial charge in [0.15, 0.2) is 0 Å². The third-order valence-electron chi connectivity index (χ3n) is 2.36. The summed E-state index contributed by atoms with van der Waals surface area (Å²) in [5.41, 5.74) is 0. The van der Waals surface area contributed by atoms with Gasteiger partial charge in [0.1, 0.15) is 31.0 Å². The lowest BCUT2D eigenvalue weighted by Gasteiger charge is -2.14. The van der Waals surface area contributed by atoms with E-state index in [1.165, 1.54) is 0 Å². The van der Waals surface area contributed by atoms with Crippen molar-refractivity contribution in [3.05, 3.63) is 0 Å². The molecule has 0 bridgehead atoms. The van der Waals surface area contributed by atoms with Crippen molar-refractivity contribution in [2.45, 2.75) is 24.4 Å². The maximum Gasteiger partial charge on any atom is 0.115 e. The smallest absolute Gasteiger partial charge is 0.115 e. The Labute approximate surface area is 76.8 Å². The Morgan fingerprint density at radius 1 is 1.38 bits per heavy atom. The molecule has 13 heavy (non-hydrogen) atoms. The van der Waals surface area contributed by atoms with Gasteiger partial charge in [0.2, 0.25) is 0 Å². The summed E-state index contributed by atoms with van der Waals surface area (Å²) in [6, 6.07) is 0. The highest BCUT2D eigenvalue weighted by Gasteiger charge is 2.47. The van der Waals surface area contributed by atoms with Crippen LogP contribution in [0.5, 0.6) is 0 Å². The van der Waals surface area contributed by atoms with Gasteiger partial charge in [-0.2, -0.15) is 0 Å². The summed E-state index contributed by atoms with van der Waals surface area (Å²) < 4.78 is 16.0. The van der Waals surface area contributed by atoms with Crippen molar-refractivity contribution in [3.63, 3.8) is 0 Å². The Kier molecular flexibility index (Phi) is 2.51. The molecule has 4 heteroatoms. The number of aliphatic hydroxyl groups is 1. The molecule has 0 aromatic heterocycles. The fraction of sp³-hybridized carbons (Fsp3) is 0.778. The van der Waals surface area contributed by atoms with Crippen molar-refractivity contribution >= 4 is 0 Å². The molecule has 0 radical (unpaired) electrons. The first-order valence-electron chi connectivity index (χ1n) is 4.29. The van der Waals surface area contributed by atoms with Crippen LogP contribution in [0.1, 0.15) is 0 Å². The highest BCUT2D eigenvalue weighted by molar-refractivity contribution is 4.96. The maximum absolute atomic E-state index is 9.40. The van der Waals surface area contributed by atoms with Crippen LogP contribution < -0.4 is 0 Å². The molecule has 4 nitrogen and oxygen atoms in total. The lowest BCUT2D eigenvalue weighted by molar-refractivity contribution is -0.0264. The van der Waals surface area contributed by atoms with Crippen LogP contribution in [0.15, 0.2) is 0 Å². The average Bonchev–Trinajstić information content (AvgIpc) is 2.67. The number of fused-ring (bicyclic) bond motifs is 1. The molecular formula is C9H12O4. The summed E-state index contributed by atoms with van der Waals surface area (Å²) in [4.78, 5) is 0. The van der Waals surface area contributed by atoms with Crippen molar-refractivity contribution in [3.8, 4) is 12.3 Å². The SMILES string of the molecule is C#CCO[C@H]1CO[C@H]2[C@@H]1OC[C@@H]2O. The van der Waals surface area contributed by atoms with Crippen molar-refractivity contribution in [2.24, 2.45) is 0 Å². The number of terminal acetylenes is 1. The van der Waals surface area contributed by atoms with Crippen LogP contribution in [-0.4, -0.2) is 49.3 Å². The zero-order chi connectivity index (χ0) is 9.26. The van der Waals surface area contributed by atoms with E-state index in [4.69, 9.17) is 20.6 Å². The van der Waals surface area contributed by atoms with Gasteiger partial charge in [-0.25, -0.2) is 0 Å². The third-order valence-corrected chi connectivity index (χ3v) is 2.36. The fourth-order valence-electron chi connectivity index (χ4n) is 1.74. The van der Waals surface area contributed by atoms with Crippen LogP contribution >= 0.6 is 0 Å². The Morgan fingerprint density at radius 3 is 2.92 bits per heavy atom. The normalized spacial score (nSPS) is 43.1. The minimum absolute atomic E-state index is 0.127. The summed E-state index contributed by atoms with van der Waals surface area (Å²) in [6.45, 7) is 1.04. The molecule has 2 aliphatic rings. The monoisotopic (exact) mass is 184 g/mol. The van der Waals surface area contributed by atoms with Gasteiger partial charge in [-0.05, 0) is 0 Å². The molecule has 2 saturated heterocycles. The summed E-state index contributed by atoms with van der Waals surface area (Å²) in [7, 11) is 0. The molecule has 2 rings (SSSR count). The van der Waals surface area contributed by atoms with E-state index in [9.17, 15) is 5.11 Å². The van der Waals surface area contributed by atoms with E-state index in [1.54, 1.807) is 0 Å². The zero-order valence-electron chi connectivity index (χ0n) is 7.18. The van der Waals surface area contributed by atoms with Crippen LogP contribution in [0, 0.1) is 12.3 Å². The highest BCUT2D eigenvalue weighted by atomic mass is 16.6. The van der Waals surface area contributed by atoms with Gasteiger partial charge in [-0.3, -0.25) is 0 Å². The van der Waals surface area contributed by atoms with Gasteiger partial charge in [-0.1, -0.05) is 5.92 Å². The lowest BCUT2D eigenvalue weighted by Crippen LogP contribution is -2.32. The largest absolute Gasteiger partial charge is 0.388 e. The average molecular weight is 184 g/mol. The van der Waals surface area contributed by atoms with Crippen LogP contribution in [0.4, 0.5) is 0 Å². The van der Waals surface area contributed by atoms with Crippen LogP contribution in [-0.2, 0) is 14.2 Å². The topological polar surface area (TPSA) is 47.9 Å². The van der Waals surface area contributed by atoms with Crippen molar-refractivity contribution in [1.29, 1.82) is 0 Å². The summed E-state index contributed by atoms with van der Waals surface area (Å²) in [5, 5.41) is 9.40. The molecule has 1 N–H and O–H groups in total. The first kappa shape index (κ1) is 8.97. The van der Waals surface area contributed by atoms with E-state index in [-0.39, 0.29) is 24.9 Å². The molecule has 2 aliphatic heterocycles. The Balaban J connectivity index is 1.91. The molecule has 0 unspecified atom stereocenters. The predicted octanol–water partition coefficient (Wildman–Crippen LogP) is -0.837. The molecule has 2 fully saturated rings. The van der Waals surface area contributed by atoms with E-state index in [0.29, 0.717) is 13.2 Å². The van der Waals surface area contributed by atoms with E-state index in [1.807, 2.05) is 0 Å². The summed E-state index contributed by atoms with van der Waals surface area (Å²) in [5.74, 6) is 2.39.